The fourth-order valence-electron chi connectivity index (χ4n) is 3.16. The van der Waals surface area contributed by atoms with Crippen molar-refractivity contribution in [3.8, 4) is 11.1 Å². The molecule has 0 saturated carbocycles. The lowest BCUT2D eigenvalue weighted by Gasteiger charge is -2.38. The summed E-state index contributed by atoms with van der Waals surface area (Å²) in [4.78, 5) is 15.7. The molecule has 0 bridgehead atoms. The Hall–Kier alpha value is -1.69. The SMILES string of the molecule is Cc1scc(C(=O)N2CCC[C@](O)(CO)C2)c1-c1ccccc1. The van der Waals surface area contributed by atoms with Crippen molar-refractivity contribution in [3.05, 3.63) is 46.2 Å². The Bertz CT molecular complexity index is 698. The van der Waals surface area contributed by atoms with Gasteiger partial charge in [0.25, 0.3) is 5.91 Å². The number of piperidine rings is 1. The number of nitrogens with zero attached hydrogens (tertiary/aromatic N) is 1. The Kier molecular flexibility index (Phi) is 4.53. The number of aliphatic hydroxyl groups excluding tert-OH is 1. The van der Waals surface area contributed by atoms with Gasteiger partial charge in [-0.05, 0) is 25.3 Å². The van der Waals surface area contributed by atoms with Crippen LogP contribution in [0.1, 0.15) is 28.1 Å². The predicted molar refractivity (Wildman–Crippen MR) is 91.7 cm³/mol. The van der Waals surface area contributed by atoms with E-state index < -0.39 is 5.60 Å². The smallest absolute Gasteiger partial charge is 0.255 e. The molecule has 1 atom stereocenters. The number of β-amino-alcohol motifs (C(OH)–C–C–N with tert-alkyl or cyclic N) is 1. The first-order chi connectivity index (χ1) is 11.0. The topological polar surface area (TPSA) is 60.8 Å². The molecule has 2 N–H and O–H groups in total. The van der Waals surface area contributed by atoms with Crippen molar-refractivity contribution in [1.82, 2.24) is 4.90 Å². The van der Waals surface area contributed by atoms with Crippen LogP contribution in [0.2, 0.25) is 0 Å². The normalized spacial score (nSPS) is 21.4. The summed E-state index contributed by atoms with van der Waals surface area (Å²) in [5.41, 5.74) is 1.51. The molecule has 1 fully saturated rings. The van der Waals surface area contributed by atoms with E-state index in [0.717, 1.165) is 16.0 Å². The van der Waals surface area contributed by atoms with Gasteiger partial charge in [0.1, 0.15) is 5.60 Å². The monoisotopic (exact) mass is 331 g/mol. The van der Waals surface area contributed by atoms with Crippen molar-refractivity contribution in [2.75, 3.05) is 19.7 Å². The molecule has 5 heteroatoms. The van der Waals surface area contributed by atoms with E-state index in [2.05, 4.69) is 0 Å². The second kappa shape index (κ2) is 6.43. The van der Waals surface area contributed by atoms with Crippen molar-refractivity contribution in [1.29, 1.82) is 0 Å². The Morgan fingerprint density at radius 2 is 2.09 bits per heavy atom. The highest BCUT2D eigenvalue weighted by Crippen LogP contribution is 2.34. The number of hydrogen-bond donors (Lipinski definition) is 2. The number of thiophene rings is 1. The fourth-order valence-corrected chi connectivity index (χ4v) is 4.02. The van der Waals surface area contributed by atoms with Gasteiger partial charge in [-0.2, -0.15) is 0 Å². The van der Waals surface area contributed by atoms with Gasteiger partial charge in [-0.1, -0.05) is 30.3 Å². The highest BCUT2D eigenvalue weighted by molar-refractivity contribution is 7.10. The molecule has 1 saturated heterocycles. The Morgan fingerprint density at radius 3 is 2.78 bits per heavy atom. The maximum atomic E-state index is 13.0. The molecular formula is C18H21NO3S. The lowest BCUT2D eigenvalue weighted by atomic mass is 9.93. The summed E-state index contributed by atoms with van der Waals surface area (Å²) >= 11 is 1.56. The van der Waals surface area contributed by atoms with Gasteiger partial charge >= 0.3 is 0 Å². The number of aryl methyl sites for hydroxylation is 1. The number of carbonyl (C=O) groups is 1. The van der Waals surface area contributed by atoms with Gasteiger partial charge in [0.15, 0.2) is 0 Å². The van der Waals surface area contributed by atoms with Gasteiger partial charge in [-0.3, -0.25) is 4.79 Å². The maximum absolute atomic E-state index is 13.0. The third-order valence-corrected chi connectivity index (χ3v) is 5.32. The zero-order valence-corrected chi connectivity index (χ0v) is 14.0. The lowest BCUT2D eigenvalue weighted by Crippen LogP contribution is -2.52. The first-order valence-electron chi connectivity index (χ1n) is 7.80. The van der Waals surface area contributed by atoms with E-state index in [0.29, 0.717) is 24.9 Å². The summed E-state index contributed by atoms with van der Waals surface area (Å²) in [7, 11) is 0. The number of hydrogen-bond acceptors (Lipinski definition) is 4. The third kappa shape index (κ3) is 3.17. The van der Waals surface area contributed by atoms with Crippen molar-refractivity contribution in [2.24, 2.45) is 0 Å². The highest BCUT2D eigenvalue weighted by atomic mass is 32.1. The molecule has 0 unspecified atom stereocenters. The second-order valence-electron chi connectivity index (χ2n) is 6.16. The maximum Gasteiger partial charge on any atom is 0.255 e. The van der Waals surface area contributed by atoms with Crippen LogP contribution in [0, 0.1) is 6.92 Å². The van der Waals surface area contributed by atoms with Gasteiger partial charge < -0.3 is 15.1 Å². The second-order valence-corrected chi connectivity index (χ2v) is 7.24. The molecule has 122 valence electrons. The first kappa shape index (κ1) is 16.2. The largest absolute Gasteiger partial charge is 0.393 e. The highest BCUT2D eigenvalue weighted by Gasteiger charge is 2.35. The number of carbonyl (C=O) groups excluding carboxylic acids is 1. The van der Waals surface area contributed by atoms with Crippen LogP contribution < -0.4 is 0 Å². The molecule has 1 aromatic heterocycles. The van der Waals surface area contributed by atoms with E-state index in [-0.39, 0.29) is 19.1 Å². The molecule has 23 heavy (non-hydrogen) atoms. The predicted octanol–water partition coefficient (Wildman–Crippen LogP) is 2.68. The van der Waals surface area contributed by atoms with Crippen molar-refractivity contribution >= 4 is 17.2 Å². The van der Waals surface area contributed by atoms with Crippen LogP contribution >= 0.6 is 11.3 Å². The number of benzene rings is 1. The summed E-state index contributed by atoms with van der Waals surface area (Å²) in [6.45, 7) is 2.50. The van der Waals surface area contributed by atoms with Crippen LogP contribution in [0.25, 0.3) is 11.1 Å². The third-order valence-electron chi connectivity index (χ3n) is 4.40. The Labute approximate surface area is 140 Å². The number of rotatable bonds is 3. The summed E-state index contributed by atoms with van der Waals surface area (Å²) in [5, 5.41) is 21.6. The van der Waals surface area contributed by atoms with Crippen LogP contribution in [0.15, 0.2) is 35.7 Å². The van der Waals surface area contributed by atoms with E-state index in [9.17, 15) is 15.0 Å². The molecule has 4 nitrogen and oxygen atoms in total. The zero-order valence-electron chi connectivity index (χ0n) is 13.2. The molecular weight excluding hydrogens is 310 g/mol. The van der Waals surface area contributed by atoms with Gasteiger partial charge in [0.2, 0.25) is 0 Å². The number of amides is 1. The van der Waals surface area contributed by atoms with E-state index in [4.69, 9.17) is 0 Å². The molecule has 1 amide bonds. The Morgan fingerprint density at radius 1 is 1.35 bits per heavy atom. The van der Waals surface area contributed by atoms with Gasteiger partial charge in [0, 0.05) is 22.4 Å². The van der Waals surface area contributed by atoms with Crippen LogP contribution in [-0.4, -0.2) is 46.3 Å². The minimum atomic E-state index is -1.17. The van der Waals surface area contributed by atoms with Gasteiger partial charge in [-0.25, -0.2) is 0 Å². The van der Waals surface area contributed by atoms with Gasteiger partial charge in [0.05, 0.1) is 18.7 Å². The van der Waals surface area contributed by atoms with E-state index >= 15 is 0 Å². The van der Waals surface area contributed by atoms with Crippen molar-refractivity contribution in [2.45, 2.75) is 25.4 Å². The lowest BCUT2D eigenvalue weighted by molar-refractivity contribution is -0.0598. The molecule has 0 radical (unpaired) electrons. The first-order valence-corrected chi connectivity index (χ1v) is 8.68. The zero-order chi connectivity index (χ0) is 16.4. The molecule has 2 aromatic rings. The minimum absolute atomic E-state index is 0.0696. The molecule has 3 rings (SSSR count). The summed E-state index contributed by atoms with van der Waals surface area (Å²) in [6, 6.07) is 9.90. The summed E-state index contributed by atoms with van der Waals surface area (Å²) in [5.74, 6) is -0.0696. The van der Waals surface area contributed by atoms with Crippen molar-refractivity contribution in [3.63, 3.8) is 0 Å². The Balaban J connectivity index is 1.92. The number of likely N-dealkylation sites (tertiary alicyclic amines) is 1. The van der Waals surface area contributed by atoms with Crippen LogP contribution in [0.4, 0.5) is 0 Å². The quantitative estimate of drug-likeness (QED) is 0.909. The van der Waals surface area contributed by atoms with E-state index in [1.54, 1.807) is 16.2 Å². The molecule has 1 aromatic carbocycles. The number of aliphatic hydroxyl groups is 2. The van der Waals surface area contributed by atoms with E-state index in [1.165, 1.54) is 0 Å². The summed E-state index contributed by atoms with van der Waals surface area (Å²) in [6.07, 6.45) is 1.23. The van der Waals surface area contributed by atoms with E-state index in [1.807, 2.05) is 42.6 Å². The van der Waals surface area contributed by atoms with Crippen molar-refractivity contribution < 1.29 is 15.0 Å². The van der Waals surface area contributed by atoms with Crippen LogP contribution in [0.3, 0.4) is 0 Å². The molecule has 0 aliphatic carbocycles. The standard InChI is InChI=1S/C18H21NO3S/c1-13-16(14-6-3-2-4-7-14)15(10-23-13)17(21)19-9-5-8-18(22,11-19)12-20/h2-4,6-7,10,20,22H,5,8-9,11-12H2,1H3/t18-/m1/s1. The fraction of sp³-hybridized carbons (Fsp3) is 0.389. The molecule has 1 aliphatic heterocycles. The average molecular weight is 331 g/mol. The summed E-state index contributed by atoms with van der Waals surface area (Å²) < 4.78 is 0. The van der Waals surface area contributed by atoms with Crippen LogP contribution in [0.5, 0.6) is 0 Å². The molecule has 0 spiro atoms. The average Bonchev–Trinajstić information content (AvgIpc) is 2.96. The minimum Gasteiger partial charge on any atom is -0.393 e. The van der Waals surface area contributed by atoms with Gasteiger partial charge in [-0.15, -0.1) is 11.3 Å². The van der Waals surface area contributed by atoms with Crippen LogP contribution in [-0.2, 0) is 0 Å². The molecule has 2 heterocycles. The molecule has 1 aliphatic rings.